The zero-order chi connectivity index (χ0) is 24.1. The summed E-state index contributed by atoms with van der Waals surface area (Å²) in [6.45, 7) is 6.33. The van der Waals surface area contributed by atoms with Crippen LogP contribution in [0.3, 0.4) is 0 Å². The Bertz CT molecular complexity index is 1190. The number of para-hydroxylation sites is 1. The largest absolute Gasteiger partial charge is 0.492 e. The van der Waals surface area contributed by atoms with Crippen LogP contribution in [0.5, 0.6) is 5.75 Å². The first kappa shape index (κ1) is 23.7. The van der Waals surface area contributed by atoms with Crippen molar-refractivity contribution >= 4 is 16.0 Å². The highest BCUT2D eigenvalue weighted by atomic mass is 32.2. The van der Waals surface area contributed by atoms with E-state index in [0.717, 1.165) is 44.4 Å². The van der Waals surface area contributed by atoms with Gasteiger partial charge in [0, 0.05) is 45.8 Å². The first-order chi connectivity index (χ1) is 17.1. The van der Waals surface area contributed by atoms with Crippen molar-refractivity contribution in [2.75, 3.05) is 70.5 Å². The van der Waals surface area contributed by atoms with Gasteiger partial charge in [-0.05, 0) is 46.8 Å². The Kier molecular flexibility index (Phi) is 7.23. The molecule has 0 aliphatic carbocycles. The molecule has 1 aromatic heterocycles. The van der Waals surface area contributed by atoms with Crippen molar-refractivity contribution in [3.05, 3.63) is 54.6 Å². The maximum absolute atomic E-state index is 12.7. The molecule has 0 saturated carbocycles. The molecular formula is C23H29N7O4S. The number of ether oxygens (including phenoxy) is 2. The van der Waals surface area contributed by atoms with Crippen LogP contribution in [-0.4, -0.2) is 103 Å². The third-order valence-electron chi connectivity index (χ3n) is 6.22. The molecule has 0 amide bonds. The molecule has 5 rings (SSSR count). The molecule has 0 spiro atoms. The van der Waals surface area contributed by atoms with Crippen molar-refractivity contribution in [3.8, 4) is 11.4 Å². The first-order valence-electron chi connectivity index (χ1n) is 11.7. The molecular weight excluding hydrogens is 470 g/mol. The van der Waals surface area contributed by atoms with Gasteiger partial charge in [0.1, 0.15) is 12.4 Å². The number of benzene rings is 2. The number of anilines is 1. The van der Waals surface area contributed by atoms with Gasteiger partial charge < -0.3 is 14.4 Å². The van der Waals surface area contributed by atoms with E-state index in [-0.39, 0.29) is 4.90 Å². The summed E-state index contributed by atoms with van der Waals surface area (Å²) in [5.41, 5.74) is 0.937. The molecule has 0 unspecified atom stereocenters. The van der Waals surface area contributed by atoms with E-state index in [9.17, 15) is 8.42 Å². The Morgan fingerprint density at radius 1 is 0.886 bits per heavy atom. The van der Waals surface area contributed by atoms with Gasteiger partial charge in [-0.1, -0.05) is 23.3 Å². The summed E-state index contributed by atoms with van der Waals surface area (Å²) in [6, 6.07) is 16.5. The smallest absolute Gasteiger partial charge is 0.250 e. The summed E-state index contributed by atoms with van der Waals surface area (Å²) in [7, 11) is -3.49. The number of nitrogens with zero attached hydrogens (tertiary/aromatic N) is 7. The molecule has 3 heterocycles. The number of hydrogen-bond acceptors (Lipinski definition) is 9. The molecule has 11 nitrogen and oxygen atoms in total. The van der Waals surface area contributed by atoms with Crippen LogP contribution in [0, 0.1) is 0 Å². The van der Waals surface area contributed by atoms with Crippen molar-refractivity contribution < 1.29 is 17.9 Å². The second-order valence-electron chi connectivity index (χ2n) is 8.39. The number of sulfonamides is 1. The fourth-order valence-corrected chi connectivity index (χ4v) is 5.63. The summed E-state index contributed by atoms with van der Waals surface area (Å²) in [5, 5.41) is 12.2. The number of piperazine rings is 1. The van der Waals surface area contributed by atoms with E-state index in [1.165, 1.54) is 4.31 Å². The average molecular weight is 500 g/mol. The minimum atomic E-state index is -3.49. The second kappa shape index (κ2) is 10.7. The summed E-state index contributed by atoms with van der Waals surface area (Å²) < 4.78 is 39.8. The van der Waals surface area contributed by atoms with Gasteiger partial charge in [0.2, 0.25) is 16.0 Å². The van der Waals surface area contributed by atoms with Crippen LogP contribution in [-0.2, 0) is 14.8 Å². The Morgan fingerprint density at radius 2 is 1.60 bits per heavy atom. The topological polar surface area (TPSA) is 106 Å². The monoisotopic (exact) mass is 499 g/mol. The van der Waals surface area contributed by atoms with E-state index in [1.54, 1.807) is 28.9 Å². The van der Waals surface area contributed by atoms with E-state index < -0.39 is 10.0 Å². The molecule has 35 heavy (non-hydrogen) atoms. The number of hydrogen-bond donors (Lipinski definition) is 0. The average Bonchev–Trinajstić information content (AvgIpc) is 3.41. The molecule has 0 N–H and O–H groups in total. The van der Waals surface area contributed by atoms with Crippen LogP contribution in [0.15, 0.2) is 59.5 Å². The van der Waals surface area contributed by atoms with Crippen molar-refractivity contribution in [3.63, 3.8) is 0 Å². The Labute approximate surface area is 204 Å². The van der Waals surface area contributed by atoms with Crippen LogP contribution in [0.4, 0.5) is 5.95 Å². The van der Waals surface area contributed by atoms with Gasteiger partial charge in [0.25, 0.3) is 0 Å². The lowest BCUT2D eigenvalue weighted by Crippen LogP contribution is -2.48. The summed E-state index contributed by atoms with van der Waals surface area (Å²) in [5.74, 6) is 1.41. The molecule has 0 bridgehead atoms. The zero-order valence-electron chi connectivity index (χ0n) is 19.4. The van der Waals surface area contributed by atoms with Gasteiger partial charge in [-0.25, -0.2) is 8.42 Å². The van der Waals surface area contributed by atoms with Crippen molar-refractivity contribution in [2.24, 2.45) is 0 Å². The fraction of sp³-hybridized carbons (Fsp3) is 0.435. The molecule has 2 fully saturated rings. The molecule has 0 radical (unpaired) electrons. The minimum absolute atomic E-state index is 0.278. The van der Waals surface area contributed by atoms with Gasteiger partial charge in [-0.15, -0.1) is 0 Å². The van der Waals surface area contributed by atoms with E-state index >= 15 is 0 Å². The fourth-order valence-electron chi connectivity index (χ4n) is 4.22. The number of tetrazole rings is 1. The third-order valence-corrected chi connectivity index (χ3v) is 8.13. The van der Waals surface area contributed by atoms with E-state index in [2.05, 4.69) is 25.3 Å². The molecule has 186 valence electrons. The number of aromatic nitrogens is 4. The van der Waals surface area contributed by atoms with Crippen molar-refractivity contribution in [1.82, 2.24) is 29.4 Å². The predicted octanol–water partition coefficient (Wildman–Crippen LogP) is 0.884. The standard InChI is InChI=1S/C23H29N7O4S/c31-35(32,29-15-17-33-18-16-29)22-8-6-21(7-9-22)34-19-14-27-10-12-28(13-11-27)23-24-25-26-30(23)20-4-2-1-3-5-20/h1-9H,10-19H2. The molecule has 0 atom stereocenters. The highest BCUT2D eigenvalue weighted by Gasteiger charge is 2.26. The maximum Gasteiger partial charge on any atom is 0.250 e. The van der Waals surface area contributed by atoms with Crippen LogP contribution in [0.2, 0.25) is 0 Å². The lowest BCUT2D eigenvalue weighted by Gasteiger charge is -2.34. The molecule has 2 aliphatic heterocycles. The first-order valence-corrected chi connectivity index (χ1v) is 13.2. The third kappa shape index (κ3) is 5.45. The minimum Gasteiger partial charge on any atom is -0.492 e. The molecule has 2 aliphatic rings. The zero-order valence-corrected chi connectivity index (χ0v) is 20.3. The van der Waals surface area contributed by atoms with Crippen LogP contribution < -0.4 is 9.64 Å². The number of rotatable bonds is 8. The van der Waals surface area contributed by atoms with Gasteiger partial charge in [-0.3, -0.25) is 4.90 Å². The lowest BCUT2D eigenvalue weighted by atomic mass is 10.3. The summed E-state index contributed by atoms with van der Waals surface area (Å²) in [4.78, 5) is 4.81. The molecule has 2 saturated heterocycles. The quantitative estimate of drug-likeness (QED) is 0.447. The van der Waals surface area contributed by atoms with Crippen molar-refractivity contribution in [2.45, 2.75) is 4.90 Å². The van der Waals surface area contributed by atoms with Crippen LogP contribution >= 0.6 is 0 Å². The molecule has 2 aromatic carbocycles. The lowest BCUT2D eigenvalue weighted by molar-refractivity contribution is 0.0730. The Morgan fingerprint density at radius 3 is 2.31 bits per heavy atom. The van der Waals surface area contributed by atoms with Gasteiger partial charge in [0.05, 0.1) is 23.8 Å². The second-order valence-corrected chi connectivity index (χ2v) is 10.3. The van der Waals surface area contributed by atoms with E-state index in [4.69, 9.17) is 9.47 Å². The van der Waals surface area contributed by atoms with Crippen molar-refractivity contribution in [1.29, 1.82) is 0 Å². The summed E-state index contributed by atoms with van der Waals surface area (Å²) >= 11 is 0. The molecule has 12 heteroatoms. The molecule has 3 aromatic rings. The number of morpholine rings is 1. The van der Waals surface area contributed by atoms with E-state index in [0.29, 0.717) is 38.7 Å². The van der Waals surface area contributed by atoms with Gasteiger partial charge in [0.15, 0.2) is 0 Å². The highest BCUT2D eigenvalue weighted by molar-refractivity contribution is 7.89. The Hall–Kier alpha value is -3.06. The SMILES string of the molecule is O=S(=O)(c1ccc(OCCN2CCN(c3nnnn3-c3ccccc3)CC2)cc1)N1CCOCC1. The predicted molar refractivity (Wildman–Crippen MR) is 129 cm³/mol. The van der Waals surface area contributed by atoms with Gasteiger partial charge >= 0.3 is 0 Å². The summed E-state index contributed by atoms with van der Waals surface area (Å²) in [6.07, 6.45) is 0. The Balaban J connectivity index is 1.09. The normalized spacial score (nSPS) is 18.0. The maximum atomic E-state index is 12.7. The van der Waals surface area contributed by atoms with Crippen LogP contribution in [0.1, 0.15) is 0 Å². The van der Waals surface area contributed by atoms with E-state index in [1.807, 2.05) is 30.3 Å². The van der Waals surface area contributed by atoms with Gasteiger partial charge in [-0.2, -0.15) is 8.99 Å². The van der Waals surface area contributed by atoms with Crippen LogP contribution in [0.25, 0.3) is 5.69 Å². The highest BCUT2D eigenvalue weighted by Crippen LogP contribution is 2.21.